The van der Waals surface area contributed by atoms with Gasteiger partial charge >= 0.3 is 0 Å². The quantitative estimate of drug-likeness (QED) is 0.799. The van der Waals surface area contributed by atoms with Crippen LogP contribution < -0.4 is 5.32 Å². The molecule has 3 heteroatoms. The van der Waals surface area contributed by atoms with E-state index in [1.165, 1.54) is 5.56 Å². The first kappa shape index (κ1) is 14.2. The Morgan fingerprint density at radius 1 is 1.12 bits per heavy atom. The van der Waals surface area contributed by atoms with Crippen LogP contribution in [0.3, 0.4) is 0 Å². The molecule has 0 saturated heterocycles. The SMILES string of the molecule is CCC(C)(CC)NCc1ccc(Br)c(Br)c1. The van der Waals surface area contributed by atoms with Crippen LogP contribution >= 0.6 is 31.9 Å². The summed E-state index contributed by atoms with van der Waals surface area (Å²) in [4.78, 5) is 0. The van der Waals surface area contributed by atoms with Crippen LogP contribution in [0.5, 0.6) is 0 Å². The summed E-state index contributed by atoms with van der Waals surface area (Å²) >= 11 is 7.01. The molecule has 1 nitrogen and oxygen atoms in total. The molecule has 90 valence electrons. The summed E-state index contributed by atoms with van der Waals surface area (Å²) in [6.07, 6.45) is 2.31. The third-order valence-electron chi connectivity index (χ3n) is 3.26. The molecular formula is C13H19Br2N. The second-order valence-corrected chi connectivity index (χ2v) is 6.08. The van der Waals surface area contributed by atoms with Crippen molar-refractivity contribution in [2.45, 2.75) is 45.7 Å². The second kappa shape index (κ2) is 6.18. The maximum atomic E-state index is 3.62. The summed E-state index contributed by atoms with van der Waals surface area (Å²) in [6.45, 7) is 7.66. The highest BCUT2D eigenvalue weighted by molar-refractivity contribution is 9.13. The van der Waals surface area contributed by atoms with E-state index in [1.54, 1.807) is 0 Å². The van der Waals surface area contributed by atoms with E-state index in [9.17, 15) is 0 Å². The van der Waals surface area contributed by atoms with E-state index in [-0.39, 0.29) is 5.54 Å². The summed E-state index contributed by atoms with van der Waals surface area (Å²) in [7, 11) is 0. The van der Waals surface area contributed by atoms with Crippen molar-refractivity contribution in [1.29, 1.82) is 0 Å². The van der Waals surface area contributed by atoms with Crippen LogP contribution in [0.15, 0.2) is 27.1 Å². The minimum Gasteiger partial charge on any atom is -0.307 e. The molecule has 0 amide bonds. The van der Waals surface area contributed by atoms with Crippen molar-refractivity contribution in [3.8, 4) is 0 Å². The molecular weight excluding hydrogens is 330 g/mol. The number of nitrogens with one attached hydrogen (secondary N) is 1. The highest BCUT2D eigenvalue weighted by Crippen LogP contribution is 2.24. The Labute approximate surface area is 115 Å². The van der Waals surface area contributed by atoms with Crippen LogP contribution in [0.4, 0.5) is 0 Å². The van der Waals surface area contributed by atoms with Crippen molar-refractivity contribution in [1.82, 2.24) is 5.32 Å². The number of benzene rings is 1. The van der Waals surface area contributed by atoms with E-state index in [4.69, 9.17) is 0 Å². The van der Waals surface area contributed by atoms with Crippen molar-refractivity contribution in [2.75, 3.05) is 0 Å². The fourth-order valence-electron chi connectivity index (χ4n) is 1.47. The first-order valence-electron chi connectivity index (χ1n) is 5.69. The van der Waals surface area contributed by atoms with Crippen molar-refractivity contribution in [3.05, 3.63) is 32.7 Å². The lowest BCUT2D eigenvalue weighted by Crippen LogP contribution is -2.40. The maximum Gasteiger partial charge on any atom is 0.0320 e. The summed E-state index contributed by atoms with van der Waals surface area (Å²) < 4.78 is 2.21. The van der Waals surface area contributed by atoms with E-state index in [1.807, 2.05) is 0 Å². The van der Waals surface area contributed by atoms with Crippen molar-refractivity contribution in [2.24, 2.45) is 0 Å². The molecule has 0 aliphatic rings. The van der Waals surface area contributed by atoms with Gasteiger partial charge in [0.1, 0.15) is 0 Å². The minimum absolute atomic E-state index is 0.250. The van der Waals surface area contributed by atoms with Gasteiger partial charge in [-0.2, -0.15) is 0 Å². The number of hydrogen-bond donors (Lipinski definition) is 1. The fraction of sp³-hybridized carbons (Fsp3) is 0.538. The van der Waals surface area contributed by atoms with Gasteiger partial charge in [-0.25, -0.2) is 0 Å². The smallest absolute Gasteiger partial charge is 0.0320 e. The van der Waals surface area contributed by atoms with E-state index in [0.717, 1.165) is 28.3 Å². The highest BCUT2D eigenvalue weighted by atomic mass is 79.9. The van der Waals surface area contributed by atoms with Crippen molar-refractivity contribution >= 4 is 31.9 Å². The molecule has 0 atom stereocenters. The molecule has 0 unspecified atom stereocenters. The van der Waals surface area contributed by atoms with Gasteiger partial charge in [-0.05, 0) is 69.3 Å². The average molecular weight is 349 g/mol. The Bertz CT molecular complexity index is 346. The van der Waals surface area contributed by atoms with Crippen LogP contribution in [0.25, 0.3) is 0 Å². The van der Waals surface area contributed by atoms with Gasteiger partial charge in [-0.1, -0.05) is 19.9 Å². The maximum absolute atomic E-state index is 3.62. The lowest BCUT2D eigenvalue weighted by molar-refractivity contribution is 0.329. The van der Waals surface area contributed by atoms with Gasteiger partial charge in [0.05, 0.1) is 0 Å². The van der Waals surface area contributed by atoms with Crippen molar-refractivity contribution in [3.63, 3.8) is 0 Å². The summed E-state index contributed by atoms with van der Waals surface area (Å²) in [5.74, 6) is 0. The summed E-state index contributed by atoms with van der Waals surface area (Å²) in [5.41, 5.74) is 1.56. The molecule has 1 aromatic carbocycles. The molecule has 1 rings (SSSR count). The minimum atomic E-state index is 0.250. The Morgan fingerprint density at radius 2 is 1.75 bits per heavy atom. The van der Waals surface area contributed by atoms with E-state index in [2.05, 4.69) is 76.1 Å². The molecule has 0 aliphatic heterocycles. The second-order valence-electron chi connectivity index (χ2n) is 4.37. The molecule has 0 aromatic heterocycles. The zero-order chi connectivity index (χ0) is 12.2. The zero-order valence-electron chi connectivity index (χ0n) is 10.1. The average Bonchev–Trinajstić information content (AvgIpc) is 2.30. The van der Waals surface area contributed by atoms with Crippen LogP contribution in [-0.4, -0.2) is 5.54 Å². The Kier molecular flexibility index (Phi) is 5.48. The molecule has 0 spiro atoms. The fourth-order valence-corrected chi connectivity index (χ4v) is 2.14. The normalized spacial score (nSPS) is 11.8. The molecule has 1 aromatic rings. The van der Waals surface area contributed by atoms with Crippen LogP contribution in [0.2, 0.25) is 0 Å². The van der Waals surface area contributed by atoms with E-state index < -0.39 is 0 Å². The van der Waals surface area contributed by atoms with Crippen LogP contribution in [0, 0.1) is 0 Å². The molecule has 0 bridgehead atoms. The third-order valence-corrected chi connectivity index (χ3v) is 5.14. The molecule has 0 radical (unpaired) electrons. The lowest BCUT2D eigenvalue weighted by Gasteiger charge is -2.28. The first-order valence-corrected chi connectivity index (χ1v) is 7.28. The molecule has 0 fully saturated rings. The van der Waals surface area contributed by atoms with Gasteiger partial charge in [0.2, 0.25) is 0 Å². The molecule has 0 aliphatic carbocycles. The Balaban J connectivity index is 2.64. The first-order chi connectivity index (χ1) is 7.50. The van der Waals surface area contributed by atoms with Gasteiger partial charge in [-0.15, -0.1) is 0 Å². The number of rotatable bonds is 5. The van der Waals surface area contributed by atoms with Gasteiger partial charge in [0.25, 0.3) is 0 Å². The Morgan fingerprint density at radius 3 is 2.25 bits per heavy atom. The molecule has 16 heavy (non-hydrogen) atoms. The lowest BCUT2D eigenvalue weighted by atomic mass is 9.95. The largest absolute Gasteiger partial charge is 0.307 e. The third kappa shape index (κ3) is 3.86. The van der Waals surface area contributed by atoms with E-state index >= 15 is 0 Å². The zero-order valence-corrected chi connectivity index (χ0v) is 13.3. The van der Waals surface area contributed by atoms with Gasteiger partial charge in [-0.3, -0.25) is 0 Å². The number of hydrogen-bond acceptors (Lipinski definition) is 1. The Hall–Kier alpha value is 0.140. The van der Waals surface area contributed by atoms with Gasteiger partial charge in [0, 0.05) is 21.0 Å². The molecule has 1 N–H and O–H groups in total. The number of halogens is 2. The van der Waals surface area contributed by atoms with Crippen LogP contribution in [0.1, 0.15) is 39.2 Å². The van der Waals surface area contributed by atoms with Crippen molar-refractivity contribution < 1.29 is 0 Å². The summed E-state index contributed by atoms with van der Waals surface area (Å²) in [6, 6.07) is 6.38. The predicted molar refractivity (Wildman–Crippen MR) is 77.7 cm³/mol. The van der Waals surface area contributed by atoms with Gasteiger partial charge < -0.3 is 5.32 Å². The van der Waals surface area contributed by atoms with Gasteiger partial charge in [0.15, 0.2) is 0 Å². The van der Waals surface area contributed by atoms with Crippen LogP contribution in [-0.2, 0) is 6.54 Å². The summed E-state index contributed by atoms with van der Waals surface area (Å²) in [5, 5.41) is 3.62. The molecule has 0 heterocycles. The monoisotopic (exact) mass is 347 g/mol. The van der Waals surface area contributed by atoms with E-state index in [0.29, 0.717) is 0 Å². The highest BCUT2D eigenvalue weighted by Gasteiger charge is 2.17. The standard InChI is InChI=1S/C13H19Br2N/c1-4-13(3,5-2)16-9-10-6-7-11(14)12(15)8-10/h6-8,16H,4-5,9H2,1-3H3. The predicted octanol–water partition coefficient (Wildman–Crippen LogP) is 4.88. The topological polar surface area (TPSA) is 12.0 Å². The molecule has 0 saturated carbocycles.